The molecule has 0 atom stereocenters. The van der Waals surface area contributed by atoms with E-state index in [0.717, 1.165) is 11.1 Å². The third-order valence-corrected chi connectivity index (χ3v) is 3.37. The van der Waals surface area contributed by atoms with Crippen LogP contribution in [-0.2, 0) is 6.61 Å². The quantitative estimate of drug-likeness (QED) is 0.881. The lowest BCUT2D eigenvalue weighted by molar-refractivity contribution is 0.281. The average Bonchev–Trinajstić information content (AvgIpc) is 2.31. The summed E-state index contributed by atoms with van der Waals surface area (Å²) in [6, 6.07) is 10.1. The van der Waals surface area contributed by atoms with Crippen LogP contribution in [0.2, 0.25) is 0 Å². The van der Waals surface area contributed by atoms with E-state index in [1.165, 1.54) is 9.79 Å². The minimum atomic E-state index is 0.103. The summed E-state index contributed by atoms with van der Waals surface area (Å²) in [5.41, 5.74) is 2.11. The van der Waals surface area contributed by atoms with Crippen LogP contribution >= 0.6 is 11.8 Å². The van der Waals surface area contributed by atoms with E-state index in [1.54, 1.807) is 24.2 Å². The zero-order chi connectivity index (χ0) is 11.4. The summed E-state index contributed by atoms with van der Waals surface area (Å²) in [4.78, 5) is 6.34. The molecule has 1 heterocycles. The number of hydrogen-bond donors (Lipinski definition) is 1. The van der Waals surface area contributed by atoms with Crippen LogP contribution in [0.15, 0.2) is 52.5 Å². The van der Waals surface area contributed by atoms with Crippen LogP contribution in [0.1, 0.15) is 11.1 Å². The molecule has 0 amide bonds. The Hall–Kier alpha value is -1.32. The smallest absolute Gasteiger partial charge is 0.0684 e. The summed E-state index contributed by atoms with van der Waals surface area (Å²) < 4.78 is 0. The summed E-state index contributed by atoms with van der Waals surface area (Å²) in [7, 11) is 0. The topological polar surface area (TPSA) is 33.1 Å². The van der Waals surface area contributed by atoms with Crippen LogP contribution in [0.5, 0.6) is 0 Å². The van der Waals surface area contributed by atoms with Gasteiger partial charge in [0.2, 0.25) is 0 Å². The first-order valence-corrected chi connectivity index (χ1v) is 5.89. The minimum absolute atomic E-state index is 0.103. The molecule has 0 aliphatic rings. The lowest BCUT2D eigenvalue weighted by Gasteiger charge is -2.06. The summed E-state index contributed by atoms with van der Waals surface area (Å²) in [5.74, 6) is 0. The molecule has 0 aliphatic heterocycles. The zero-order valence-electron chi connectivity index (χ0n) is 9.05. The summed E-state index contributed by atoms with van der Waals surface area (Å²) >= 11 is 1.70. The Morgan fingerprint density at radius 3 is 2.50 bits per heavy atom. The van der Waals surface area contributed by atoms with Gasteiger partial charge in [0.15, 0.2) is 0 Å². The van der Waals surface area contributed by atoms with Gasteiger partial charge in [0, 0.05) is 22.2 Å². The molecule has 0 aliphatic carbocycles. The Morgan fingerprint density at radius 2 is 1.88 bits per heavy atom. The predicted molar refractivity (Wildman–Crippen MR) is 65.5 cm³/mol. The van der Waals surface area contributed by atoms with Crippen molar-refractivity contribution in [2.45, 2.75) is 23.3 Å². The summed E-state index contributed by atoms with van der Waals surface area (Å²) in [6.45, 7) is 2.12. The average molecular weight is 231 g/mol. The molecular weight excluding hydrogens is 218 g/mol. The highest BCUT2D eigenvalue weighted by molar-refractivity contribution is 7.99. The second-order valence-electron chi connectivity index (χ2n) is 3.53. The predicted octanol–water partition coefficient (Wildman–Crippen LogP) is 3.03. The SMILES string of the molecule is Cc1cc(Sc2ccncc2)ccc1CO. The van der Waals surface area contributed by atoms with Crippen molar-refractivity contribution in [1.29, 1.82) is 0 Å². The van der Waals surface area contributed by atoms with Crippen LogP contribution in [0.4, 0.5) is 0 Å². The Labute approximate surface area is 99.4 Å². The Kier molecular flexibility index (Phi) is 3.59. The van der Waals surface area contributed by atoms with Gasteiger partial charge in [0.25, 0.3) is 0 Å². The number of aryl methyl sites for hydroxylation is 1. The van der Waals surface area contributed by atoms with E-state index in [1.807, 2.05) is 31.2 Å². The third kappa shape index (κ3) is 2.62. The first-order chi connectivity index (χ1) is 7.79. The maximum Gasteiger partial charge on any atom is 0.0684 e. The number of aromatic nitrogens is 1. The van der Waals surface area contributed by atoms with Gasteiger partial charge in [-0.25, -0.2) is 0 Å². The molecule has 3 heteroatoms. The molecule has 1 aromatic carbocycles. The number of nitrogens with zero attached hydrogens (tertiary/aromatic N) is 1. The number of benzene rings is 1. The molecule has 82 valence electrons. The van der Waals surface area contributed by atoms with Crippen molar-refractivity contribution in [2.24, 2.45) is 0 Å². The van der Waals surface area contributed by atoms with E-state index in [2.05, 4.69) is 11.1 Å². The Bertz CT molecular complexity index is 471. The fourth-order valence-corrected chi connectivity index (χ4v) is 2.35. The van der Waals surface area contributed by atoms with Gasteiger partial charge in [-0.1, -0.05) is 17.8 Å². The summed E-state index contributed by atoms with van der Waals surface area (Å²) in [6.07, 6.45) is 3.58. The van der Waals surface area contributed by atoms with Crippen LogP contribution in [0.25, 0.3) is 0 Å². The van der Waals surface area contributed by atoms with Crippen molar-refractivity contribution in [3.8, 4) is 0 Å². The zero-order valence-corrected chi connectivity index (χ0v) is 9.87. The van der Waals surface area contributed by atoms with Crippen LogP contribution in [0.3, 0.4) is 0 Å². The monoisotopic (exact) mass is 231 g/mol. The maximum atomic E-state index is 9.08. The van der Waals surface area contributed by atoms with Crippen molar-refractivity contribution >= 4 is 11.8 Å². The fourth-order valence-electron chi connectivity index (χ4n) is 1.45. The molecule has 0 saturated carbocycles. The Balaban J connectivity index is 2.20. The van der Waals surface area contributed by atoms with Crippen molar-refractivity contribution in [3.05, 3.63) is 53.9 Å². The van der Waals surface area contributed by atoms with Gasteiger partial charge < -0.3 is 5.11 Å². The fraction of sp³-hybridized carbons (Fsp3) is 0.154. The highest BCUT2D eigenvalue weighted by Crippen LogP contribution is 2.28. The number of hydrogen-bond acceptors (Lipinski definition) is 3. The molecule has 0 unspecified atom stereocenters. The highest BCUT2D eigenvalue weighted by atomic mass is 32.2. The van der Waals surface area contributed by atoms with Crippen molar-refractivity contribution < 1.29 is 5.11 Å². The second-order valence-corrected chi connectivity index (χ2v) is 4.68. The molecule has 2 nitrogen and oxygen atoms in total. The van der Waals surface area contributed by atoms with Gasteiger partial charge in [0.1, 0.15) is 0 Å². The Morgan fingerprint density at radius 1 is 1.12 bits per heavy atom. The van der Waals surface area contributed by atoms with E-state index in [0.29, 0.717) is 0 Å². The third-order valence-electron chi connectivity index (χ3n) is 2.37. The molecule has 2 aromatic rings. The van der Waals surface area contributed by atoms with E-state index < -0.39 is 0 Å². The standard InChI is InChI=1S/C13H13NOS/c1-10-8-13(3-2-11(10)9-15)16-12-4-6-14-7-5-12/h2-8,15H,9H2,1H3. The van der Waals surface area contributed by atoms with Crippen molar-refractivity contribution in [2.75, 3.05) is 0 Å². The normalized spacial score (nSPS) is 10.4. The van der Waals surface area contributed by atoms with Crippen LogP contribution in [0, 0.1) is 6.92 Å². The molecule has 0 saturated heterocycles. The lowest BCUT2D eigenvalue weighted by Crippen LogP contribution is -1.88. The lowest BCUT2D eigenvalue weighted by atomic mass is 10.1. The van der Waals surface area contributed by atoms with Gasteiger partial charge >= 0.3 is 0 Å². The molecule has 0 spiro atoms. The number of aliphatic hydroxyl groups is 1. The molecule has 0 radical (unpaired) electrons. The molecule has 16 heavy (non-hydrogen) atoms. The van der Waals surface area contributed by atoms with Crippen molar-refractivity contribution in [3.63, 3.8) is 0 Å². The van der Waals surface area contributed by atoms with E-state index >= 15 is 0 Å². The van der Waals surface area contributed by atoms with Gasteiger partial charge in [0.05, 0.1) is 6.61 Å². The molecule has 2 rings (SSSR count). The molecule has 0 fully saturated rings. The van der Waals surface area contributed by atoms with Crippen LogP contribution < -0.4 is 0 Å². The van der Waals surface area contributed by atoms with Crippen LogP contribution in [-0.4, -0.2) is 10.1 Å². The van der Waals surface area contributed by atoms with Gasteiger partial charge in [-0.3, -0.25) is 4.98 Å². The first kappa shape index (κ1) is 11.2. The molecule has 0 bridgehead atoms. The maximum absolute atomic E-state index is 9.08. The number of rotatable bonds is 3. The highest BCUT2D eigenvalue weighted by Gasteiger charge is 2.00. The van der Waals surface area contributed by atoms with E-state index in [9.17, 15) is 0 Å². The minimum Gasteiger partial charge on any atom is -0.392 e. The van der Waals surface area contributed by atoms with E-state index in [-0.39, 0.29) is 6.61 Å². The van der Waals surface area contributed by atoms with Gasteiger partial charge in [-0.15, -0.1) is 0 Å². The molecule has 1 N–H and O–H groups in total. The van der Waals surface area contributed by atoms with Gasteiger partial charge in [-0.2, -0.15) is 0 Å². The second kappa shape index (κ2) is 5.14. The first-order valence-electron chi connectivity index (χ1n) is 5.08. The molecule has 1 aromatic heterocycles. The summed E-state index contributed by atoms with van der Waals surface area (Å²) in [5, 5.41) is 9.08. The van der Waals surface area contributed by atoms with Gasteiger partial charge in [-0.05, 0) is 42.3 Å². The van der Waals surface area contributed by atoms with E-state index in [4.69, 9.17) is 5.11 Å². The number of pyridine rings is 1. The number of aliphatic hydroxyl groups excluding tert-OH is 1. The van der Waals surface area contributed by atoms with Crippen molar-refractivity contribution in [1.82, 2.24) is 4.98 Å². The largest absolute Gasteiger partial charge is 0.392 e. The molecular formula is C13H13NOS.